The van der Waals surface area contributed by atoms with Crippen LogP contribution in [0.25, 0.3) is 0 Å². The Bertz CT molecular complexity index is 417. The zero-order chi connectivity index (χ0) is 13.5. The first-order valence-corrected chi connectivity index (χ1v) is 7.78. The minimum Gasteiger partial charge on any atom is -0.362 e. The maximum Gasteiger partial charge on any atom is 0.293 e. The van der Waals surface area contributed by atoms with Gasteiger partial charge in [-0.1, -0.05) is 20.8 Å². The van der Waals surface area contributed by atoms with Crippen LogP contribution in [0.4, 0.5) is 5.82 Å². The Labute approximate surface area is 113 Å². The second-order valence-corrected chi connectivity index (χ2v) is 5.74. The van der Waals surface area contributed by atoms with Crippen molar-refractivity contribution in [2.75, 3.05) is 17.3 Å². The van der Waals surface area contributed by atoms with Gasteiger partial charge in [-0.05, 0) is 18.6 Å². The summed E-state index contributed by atoms with van der Waals surface area (Å²) < 4.78 is 1.73. The maximum absolute atomic E-state index is 12.2. The fraction of sp³-hybridized carbons (Fsp3) is 0.692. The van der Waals surface area contributed by atoms with Gasteiger partial charge in [0.05, 0.1) is 0 Å². The van der Waals surface area contributed by atoms with Gasteiger partial charge in [0.25, 0.3) is 5.56 Å². The summed E-state index contributed by atoms with van der Waals surface area (Å²) in [6, 6.07) is 0.301. The molecule has 1 rings (SSSR count). The van der Waals surface area contributed by atoms with Gasteiger partial charge in [-0.2, -0.15) is 11.8 Å². The van der Waals surface area contributed by atoms with Crippen LogP contribution in [0.15, 0.2) is 17.2 Å². The van der Waals surface area contributed by atoms with Gasteiger partial charge in [-0.15, -0.1) is 0 Å². The first-order chi connectivity index (χ1) is 8.58. The van der Waals surface area contributed by atoms with E-state index in [9.17, 15) is 4.79 Å². The summed E-state index contributed by atoms with van der Waals surface area (Å²) in [5.74, 6) is 1.90. The summed E-state index contributed by atoms with van der Waals surface area (Å²) in [6.45, 7) is 7.05. The van der Waals surface area contributed by atoms with E-state index in [0.717, 1.165) is 18.7 Å². The van der Waals surface area contributed by atoms with Crippen molar-refractivity contribution in [3.8, 4) is 0 Å². The monoisotopic (exact) mass is 269 g/mol. The quantitative estimate of drug-likeness (QED) is 0.826. The molecule has 0 aliphatic rings. The molecule has 1 atom stereocenters. The summed E-state index contributed by atoms with van der Waals surface area (Å²) >= 11 is 1.78. The van der Waals surface area contributed by atoms with Crippen molar-refractivity contribution in [2.45, 2.75) is 39.8 Å². The van der Waals surface area contributed by atoms with Crippen LogP contribution in [0.5, 0.6) is 0 Å². The van der Waals surface area contributed by atoms with Crippen molar-refractivity contribution in [1.29, 1.82) is 0 Å². The van der Waals surface area contributed by atoms with Crippen LogP contribution >= 0.6 is 11.8 Å². The average molecular weight is 269 g/mol. The number of aromatic nitrogens is 2. The Balaban J connectivity index is 2.86. The van der Waals surface area contributed by atoms with E-state index in [1.54, 1.807) is 28.7 Å². The van der Waals surface area contributed by atoms with E-state index >= 15 is 0 Å². The summed E-state index contributed by atoms with van der Waals surface area (Å²) in [6.07, 6.45) is 6.50. The lowest BCUT2D eigenvalue weighted by atomic mass is 10.2. The van der Waals surface area contributed by atoms with Crippen molar-refractivity contribution in [2.24, 2.45) is 5.92 Å². The molecule has 5 heteroatoms. The van der Waals surface area contributed by atoms with Crippen molar-refractivity contribution in [3.63, 3.8) is 0 Å². The second kappa shape index (κ2) is 7.46. The van der Waals surface area contributed by atoms with Crippen LogP contribution < -0.4 is 10.9 Å². The summed E-state index contributed by atoms with van der Waals surface area (Å²) in [5, 5.41) is 3.25. The third-order valence-electron chi connectivity index (χ3n) is 2.68. The van der Waals surface area contributed by atoms with Crippen LogP contribution in [0.1, 0.15) is 27.2 Å². The molecule has 18 heavy (non-hydrogen) atoms. The number of thioether (sulfide) groups is 1. The fourth-order valence-corrected chi connectivity index (χ4v) is 2.46. The number of rotatable bonds is 7. The molecular formula is C13H23N3OS. The van der Waals surface area contributed by atoms with E-state index in [0.29, 0.717) is 17.8 Å². The van der Waals surface area contributed by atoms with Crippen molar-refractivity contribution >= 4 is 17.6 Å². The largest absolute Gasteiger partial charge is 0.362 e. The lowest BCUT2D eigenvalue weighted by Gasteiger charge is -2.17. The SMILES string of the molecule is CCC(CSC)Nc1nccn(CC(C)C)c1=O. The number of hydrogen-bond acceptors (Lipinski definition) is 4. The zero-order valence-corrected chi connectivity index (χ0v) is 12.5. The molecule has 0 radical (unpaired) electrons. The van der Waals surface area contributed by atoms with Crippen molar-refractivity contribution < 1.29 is 0 Å². The molecule has 1 aromatic rings. The fourth-order valence-electron chi connectivity index (χ4n) is 1.74. The van der Waals surface area contributed by atoms with E-state index in [4.69, 9.17) is 0 Å². The molecule has 0 fully saturated rings. The van der Waals surface area contributed by atoms with Gasteiger partial charge in [-0.3, -0.25) is 4.79 Å². The maximum atomic E-state index is 12.2. The van der Waals surface area contributed by atoms with Crippen LogP contribution in [0, 0.1) is 5.92 Å². The van der Waals surface area contributed by atoms with E-state index in [-0.39, 0.29) is 5.56 Å². The molecule has 4 nitrogen and oxygen atoms in total. The lowest BCUT2D eigenvalue weighted by molar-refractivity contribution is 0.509. The number of nitrogens with zero attached hydrogens (tertiary/aromatic N) is 2. The molecule has 1 unspecified atom stereocenters. The molecule has 0 spiro atoms. The first kappa shape index (κ1) is 15.1. The van der Waals surface area contributed by atoms with Gasteiger partial charge in [-0.25, -0.2) is 4.98 Å². The predicted octanol–water partition coefficient (Wildman–Crippen LogP) is 2.45. The molecular weight excluding hydrogens is 246 g/mol. The molecule has 1 N–H and O–H groups in total. The minimum atomic E-state index is -0.0225. The molecule has 0 amide bonds. The van der Waals surface area contributed by atoms with Gasteiger partial charge in [0.1, 0.15) is 0 Å². The van der Waals surface area contributed by atoms with E-state index in [1.807, 2.05) is 0 Å². The van der Waals surface area contributed by atoms with Crippen molar-refractivity contribution in [3.05, 3.63) is 22.7 Å². The topological polar surface area (TPSA) is 46.9 Å². The lowest BCUT2D eigenvalue weighted by Crippen LogP contribution is -2.30. The Morgan fingerprint density at radius 1 is 1.50 bits per heavy atom. The molecule has 0 saturated heterocycles. The average Bonchev–Trinajstić information content (AvgIpc) is 2.32. The molecule has 102 valence electrons. The molecule has 1 aromatic heterocycles. The Morgan fingerprint density at radius 3 is 2.78 bits per heavy atom. The highest BCUT2D eigenvalue weighted by molar-refractivity contribution is 7.98. The molecule has 0 saturated carbocycles. The molecule has 0 aliphatic carbocycles. The van der Waals surface area contributed by atoms with Gasteiger partial charge in [0, 0.05) is 30.7 Å². The van der Waals surface area contributed by atoms with Gasteiger partial charge in [0.2, 0.25) is 0 Å². The summed E-state index contributed by atoms with van der Waals surface area (Å²) in [4.78, 5) is 16.4. The Morgan fingerprint density at radius 2 is 2.22 bits per heavy atom. The number of hydrogen-bond donors (Lipinski definition) is 1. The molecule has 1 heterocycles. The first-order valence-electron chi connectivity index (χ1n) is 6.39. The predicted molar refractivity (Wildman–Crippen MR) is 79.4 cm³/mol. The highest BCUT2D eigenvalue weighted by atomic mass is 32.2. The number of anilines is 1. The van der Waals surface area contributed by atoms with Gasteiger partial charge >= 0.3 is 0 Å². The van der Waals surface area contributed by atoms with Gasteiger partial charge < -0.3 is 9.88 Å². The van der Waals surface area contributed by atoms with E-state index in [2.05, 4.69) is 37.3 Å². The summed E-state index contributed by atoms with van der Waals surface area (Å²) in [7, 11) is 0. The standard InChI is InChI=1S/C13H23N3OS/c1-5-11(9-18-4)15-12-13(17)16(7-6-14-12)8-10(2)3/h6-7,10-11H,5,8-9H2,1-4H3,(H,14,15). The van der Waals surface area contributed by atoms with E-state index in [1.165, 1.54) is 0 Å². The van der Waals surface area contributed by atoms with Crippen LogP contribution in [-0.4, -0.2) is 27.6 Å². The normalized spacial score (nSPS) is 12.7. The van der Waals surface area contributed by atoms with Crippen molar-refractivity contribution in [1.82, 2.24) is 9.55 Å². The third-order valence-corrected chi connectivity index (χ3v) is 3.41. The smallest absolute Gasteiger partial charge is 0.293 e. The highest BCUT2D eigenvalue weighted by Crippen LogP contribution is 2.06. The molecule has 0 aromatic carbocycles. The van der Waals surface area contributed by atoms with Crippen LogP contribution in [0.2, 0.25) is 0 Å². The highest BCUT2D eigenvalue weighted by Gasteiger charge is 2.10. The summed E-state index contributed by atoms with van der Waals surface area (Å²) in [5.41, 5.74) is -0.0225. The second-order valence-electron chi connectivity index (χ2n) is 4.83. The Hall–Kier alpha value is -0.970. The molecule has 0 aliphatic heterocycles. The van der Waals surface area contributed by atoms with Crippen LogP contribution in [-0.2, 0) is 6.54 Å². The van der Waals surface area contributed by atoms with Crippen LogP contribution in [0.3, 0.4) is 0 Å². The van der Waals surface area contributed by atoms with E-state index < -0.39 is 0 Å². The minimum absolute atomic E-state index is 0.0225. The molecule has 0 bridgehead atoms. The third kappa shape index (κ3) is 4.37. The number of nitrogens with one attached hydrogen (secondary N) is 1. The Kier molecular flexibility index (Phi) is 6.25. The van der Waals surface area contributed by atoms with Gasteiger partial charge in [0.15, 0.2) is 5.82 Å². The zero-order valence-electron chi connectivity index (χ0n) is 11.6.